The van der Waals surface area contributed by atoms with Crippen molar-refractivity contribution in [3.63, 3.8) is 0 Å². The van der Waals surface area contributed by atoms with Gasteiger partial charge < -0.3 is 14.6 Å². The predicted molar refractivity (Wildman–Crippen MR) is 142 cm³/mol. The van der Waals surface area contributed by atoms with Crippen molar-refractivity contribution >= 4 is 5.97 Å². The van der Waals surface area contributed by atoms with Crippen LogP contribution in [0.1, 0.15) is 76.6 Å². The largest absolute Gasteiger partial charge is 0.478 e. The summed E-state index contributed by atoms with van der Waals surface area (Å²) in [6.07, 6.45) is -0.0114. The minimum absolute atomic E-state index is 0.217. The fourth-order valence-corrected chi connectivity index (χ4v) is 4.53. The van der Waals surface area contributed by atoms with Crippen molar-refractivity contribution in [3.8, 4) is 6.01 Å². The SMILES string of the molecule is [2H]C([2H])([2H])c1cc(CC)nc(O[C@](C)(C(=O)O)C(OC(C)C)(c2ccc(C)c(C)c2)c2cccc(C)c2C)n1. The van der Waals surface area contributed by atoms with Crippen LogP contribution < -0.4 is 4.74 Å². The maximum absolute atomic E-state index is 13.4. The molecule has 36 heavy (non-hydrogen) atoms. The summed E-state index contributed by atoms with van der Waals surface area (Å²) < 4.78 is 36.7. The van der Waals surface area contributed by atoms with E-state index in [0.717, 1.165) is 22.3 Å². The van der Waals surface area contributed by atoms with Gasteiger partial charge in [-0.2, -0.15) is 0 Å². The Kier molecular flexibility index (Phi) is 6.69. The Balaban J connectivity index is 2.47. The maximum Gasteiger partial charge on any atom is 0.351 e. The zero-order valence-electron chi connectivity index (χ0n) is 25.4. The molecule has 1 aromatic heterocycles. The van der Waals surface area contributed by atoms with Gasteiger partial charge in [0.05, 0.1) is 6.10 Å². The Hall–Kier alpha value is -3.25. The quantitative estimate of drug-likeness (QED) is 0.384. The minimum atomic E-state index is -2.53. The van der Waals surface area contributed by atoms with E-state index in [9.17, 15) is 9.90 Å². The van der Waals surface area contributed by atoms with Gasteiger partial charge in [0.15, 0.2) is 5.60 Å². The summed E-state index contributed by atoms with van der Waals surface area (Å²) in [6, 6.07) is 12.4. The van der Waals surface area contributed by atoms with Crippen LogP contribution in [0.15, 0.2) is 42.5 Å². The highest BCUT2D eigenvalue weighted by atomic mass is 16.6. The van der Waals surface area contributed by atoms with Gasteiger partial charge >= 0.3 is 12.0 Å². The van der Waals surface area contributed by atoms with E-state index >= 15 is 0 Å². The first-order valence-electron chi connectivity index (χ1n) is 13.7. The van der Waals surface area contributed by atoms with Gasteiger partial charge in [0.2, 0.25) is 5.60 Å². The van der Waals surface area contributed by atoms with E-state index in [2.05, 4.69) is 9.97 Å². The molecular formula is C30H38N2O4. The highest BCUT2D eigenvalue weighted by molar-refractivity contribution is 5.81. The average molecular weight is 494 g/mol. The molecule has 0 spiro atoms. The highest BCUT2D eigenvalue weighted by Gasteiger charge is 2.61. The van der Waals surface area contributed by atoms with Crippen LogP contribution in [0.4, 0.5) is 0 Å². The summed E-state index contributed by atoms with van der Waals surface area (Å²) in [7, 11) is 0. The molecular weight excluding hydrogens is 452 g/mol. The van der Waals surface area contributed by atoms with Gasteiger partial charge in [0.25, 0.3) is 0 Å². The maximum atomic E-state index is 13.4. The summed E-state index contributed by atoms with van der Waals surface area (Å²) in [5.74, 6) is -1.32. The summed E-state index contributed by atoms with van der Waals surface area (Å²) in [6.45, 7) is 12.2. The molecule has 1 unspecified atom stereocenters. The molecule has 3 rings (SSSR count). The smallest absolute Gasteiger partial charge is 0.351 e. The number of aromatic nitrogens is 2. The average Bonchev–Trinajstić information content (AvgIpc) is 2.85. The van der Waals surface area contributed by atoms with Crippen molar-refractivity contribution in [1.29, 1.82) is 0 Å². The molecule has 0 saturated heterocycles. The number of hydrogen-bond acceptors (Lipinski definition) is 5. The lowest BCUT2D eigenvalue weighted by Gasteiger charge is -2.47. The van der Waals surface area contributed by atoms with Crippen LogP contribution in [0.5, 0.6) is 6.01 Å². The van der Waals surface area contributed by atoms with E-state index in [4.69, 9.17) is 13.6 Å². The van der Waals surface area contributed by atoms with Crippen LogP contribution in [0.3, 0.4) is 0 Å². The van der Waals surface area contributed by atoms with Gasteiger partial charge in [-0.1, -0.05) is 43.3 Å². The van der Waals surface area contributed by atoms with Crippen molar-refractivity contribution in [3.05, 3.63) is 87.2 Å². The van der Waals surface area contributed by atoms with E-state index in [1.165, 1.54) is 13.0 Å². The molecule has 192 valence electrons. The number of carboxylic acids is 1. The molecule has 6 nitrogen and oxygen atoms in total. The monoisotopic (exact) mass is 493 g/mol. The molecule has 0 amide bonds. The third-order valence-electron chi connectivity index (χ3n) is 6.81. The molecule has 3 aromatic rings. The highest BCUT2D eigenvalue weighted by Crippen LogP contribution is 2.48. The van der Waals surface area contributed by atoms with Gasteiger partial charge in [0, 0.05) is 15.5 Å². The number of aliphatic carboxylic acids is 1. The van der Waals surface area contributed by atoms with E-state index in [1.807, 2.05) is 84.9 Å². The number of ether oxygens (including phenoxy) is 2. The molecule has 0 saturated carbocycles. The third-order valence-corrected chi connectivity index (χ3v) is 6.81. The van der Waals surface area contributed by atoms with Crippen molar-refractivity contribution < 1.29 is 23.5 Å². The van der Waals surface area contributed by atoms with E-state index < -0.39 is 30.1 Å². The third kappa shape index (κ3) is 4.87. The van der Waals surface area contributed by atoms with Gasteiger partial charge in [0.1, 0.15) is 0 Å². The fourth-order valence-electron chi connectivity index (χ4n) is 4.53. The van der Waals surface area contributed by atoms with Crippen LogP contribution in [0.2, 0.25) is 0 Å². The molecule has 0 aliphatic carbocycles. The number of nitrogens with zero attached hydrogens (tertiary/aromatic N) is 2. The second-order valence-corrected chi connectivity index (χ2v) is 9.72. The number of benzene rings is 2. The van der Waals surface area contributed by atoms with Crippen LogP contribution >= 0.6 is 0 Å². The molecule has 2 aromatic carbocycles. The fraction of sp³-hybridized carbons (Fsp3) is 0.433. The van der Waals surface area contributed by atoms with Crippen LogP contribution in [-0.4, -0.2) is 32.7 Å². The van der Waals surface area contributed by atoms with Crippen LogP contribution in [-0.2, 0) is 21.6 Å². The first kappa shape index (κ1) is 23.2. The number of carbonyl (C=O) groups is 1. The summed E-state index contributed by atoms with van der Waals surface area (Å²) in [4.78, 5) is 22.0. The molecule has 0 aliphatic heterocycles. The zero-order valence-corrected chi connectivity index (χ0v) is 22.4. The molecule has 2 atom stereocenters. The minimum Gasteiger partial charge on any atom is -0.478 e. The Bertz CT molecular complexity index is 1370. The molecule has 1 heterocycles. The van der Waals surface area contributed by atoms with Gasteiger partial charge in [-0.3, -0.25) is 0 Å². The Morgan fingerprint density at radius 3 is 2.36 bits per heavy atom. The number of hydrogen-bond donors (Lipinski definition) is 1. The predicted octanol–water partition coefficient (Wildman–Crippen LogP) is 6.17. The molecule has 0 aliphatic rings. The Labute approximate surface area is 218 Å². The second-order valence-electron chi connectivity index (χ2n) is 9.72. The van der Waals surface area contributed by atoms with E-state index in [1.54, 1.807) is 0 Å². The number of rotatable bonds is 9. The summed E-state index contributed by atoms with van der Waals surface area (Å²) >= 11 is 0. The number of aryl methyl sites for hydroxylation is 5. The first-order chi connectivity index (χ1) is 18.1. The Morgan fingerprint density at radius 1 is 1.06 bits per heavy atom. The Morgan fingerprint density at radius 2 is 1.78 bits per heavy atom. The van der Waals surface area contributed by atoms with Gasteiger partial charge in [-0.15, -0.1) is 0 Å². The van der Waals surface area contributed by atoms with Gasteiger partial charge in [-0.05, 0) is 101 Å². The molecule has 0 bridgehead atoms. The lowest BCUT2D eigenvalue weighted by Crippen LogP contribution is -2.62. The van der Waals surface area contributed by atoms with E-state index in [0.29, 0.717) is 23.2 Å². The lowest BCUT2D eigenvalue weighted by molar-refractivity contribution is -0.196. The zero-order chi connectivity index (χ0) is 29.3. The number of carboxylic acid groups (broad SMARTS) is 1. The van der Waals surface area contributed by atoms with Crippen molar-refractivity contribution in [2.75, 3.05) is 0 Å². The van der Waals surface area contributed by atoms with Crippen molar-refractivity contribution in [2.45, 2.75) is 86.0 Å². The van der Waals surface area contributed by atoms with Gasteiger partial charge in [-0.25, -0.2) is 14.8 Å². The first-order valence-corrected chi connectivity index (χ1v) is 12.2. The molecule has 6 heteroatoms. The summed E-state index contributed by atoms with van der Waals surface area (Å²) in [5, 5.41) is 10.9. The van der Waals surface area contributed by atoms with Crippen molar-refractivity contribution in [1.82, 2.24) is 9.97 Å². The van der Waals surface area contributed by atoms with Crippen LogP contribution in [0.25, 0.3) is 0 Å². The van der Waals surface area contributed by atoms with Crippen molar-refractivity contribution in [2.24, 2.45) is 0 Å². The molecule has 1 N–H and O–H groups in total. The van der Waals surface area contributed by atoms with Crippen LogP contribution in [0, 0.1) is 34.5 Å². The standard InChI is InChI=1S/C30H38N2O4/c1-10-25-17-22(7)31-28(32-25)36-29(9,27(33)34)30(35-18(2)3,24-15-14-19(4)21(6)16-24)26-13-11-12-20(5)23(26)8/h11-18H,10H2,1-9H3,(H,33,34)/t29-,30?/m1/s1/i7D3. The second kappa shape index (κ2) is 10.4. The summed E-state index contributed by atoms with van der Waals surface area (Å²) in [5.41, 5.74) is 1.40. The molecule has 0 fully saturated rings. The normalized spacial score (nSPS) is 16.4. The topological polar surface area (TPSA) is 81.5 Å². The molecule has 0 radical (unpaired) electrons. The lowest BCUT2D eigenvalue weighted by atomic mass is 9.70. The van der Waals surface area contributed by atoms with E-state index in [-0.39, 0.29) is 11.7 Å².